The molecule has 4 heteroatoms. The van der Waals surface area contributed by atoms with E-state index in [4.69, 9.17) is 4.74 Å². The van der Waals surface area contributed by atoms with E-state index in [2.05, 4.69) is 16.9 Å². The van der Waals surface area contributed by atoms with Crippen molar-refractivity contribution < 1.29 is 4.74 Å². The van der Waals surface area contributed by atoms with Gasteiger partial charge >= 0.3 is 0 Å². The van der Waals surface area contributed by atoms with E-state index in [0.717, 1.165) is 25.5 Å². The van der Waals surface area contributed by atoms with Crippen LogP contribution < -0.4 is 0 Å². The third-order valence-corrected chi connectivity index (χ3v) is 2.25. The van der Waals surface area contributed by atoms with E-state index >= 15 is 0 Å². The van der Waals surface area contributed by atoms with E-state index in [0.29, 0.717) is 6.10 Å². The molecule has 0 aromatic carbocycles. The van der Waals surface area contributed by atoms with Crippen LogP contribution in [-0.4, -0.2) is 40.8 Å². The number of likely N-dealkylation sites (N-methyl/N-ethyl adjacent to an activating group) is 1. The number of nitrogens with zero attached hydrogens (tertiary/aromatic N) is 3. The molecule has 0 N–H and O–H groups in total. The van der Waals surface area contributed by atoms with Crippen LogP contribution in [-0.2, 0) is 18.3 Å². The molecule has 4 nitrogen and oxygen atoms in total. The molecule has 0 aliphatic carbocycles. The van der Waals surface area contributed by atoms with Crippen LogP contribution in [0.4, 0.5) is 0 Å². The maximum Gasteiger partial charge on any atom is 0.122 e. The minimum Gasteiger partial charge on any atom is -0.372 e. The van der Waals surface area contributed by atoms with Gasteiger partial charge in [-0.2, -0.15) is 0 Å². The van der Waals surface area contributed by atoms with Gasteiger partial charge in [0, 0.05) is 26.0 Å². The molecule has 1 aromatic rings. The second kappa shape index (κ2) is 3.47. The predicted molar refractivity (Wildman–Crippen MR) is 49.3 cm³/mol. The summed E-state index contributed by atoms with van der Waals surface area (Å²) < 4.78 is 7.21. The summed E-state index contributed by atoms with van der Waals surface area (Å²) in [5.41, 5.74) is 0. The van der Waals surface area contributed by atoms with Crippen molar-refractivity contribution in [3.8, 4) is 0 Å². The minimum atomic E-state index is 0.463. The predicted octanol–water partition coefficient (Wildman–Crippen LogP) is 0.251. The highest BCUT2D eigenvalue weighted by molar-refractivity contribution is 4.91. The molecule has 2 heterocycles. The molecule has 1 aliphatic rings. The van der Waals surface area contributed by atoms with Crippen molar-refractivity contribution >= 4 is 0 Å². The van der Waals surface area contributed by atoms with Gasteiger partial charge < -0.3 is 9.30 Å². The first-order chi connectivity index (χ1) is 6.25. The summed E-state index contributed by atoms with van der Waals surface area (Å²) in [6.45, 7) is 2.82. The molecule has 1 atom stereocenters. The molecule has 0 amide bonds. The Morgan fingerprint density at radius 3 is 3.08 bits per heavy atom. The van der Waals surface area contributed by atoms with E-state index in [-0.39, 0.29) is 0 Å². The second-order valence-electron chi connectivity index (χ2n) is 3.61. The summed E-state index contributed by atoms with van der Waals surface area (Å²) in [6, 6.07) is 0. The van der Waals surface area contributed by atoms with E-state index in [1.54, 1.807) is 0 Å². The SMILES string of the molecule is CN(Cc1nccn1C)CC1CO1. The first-order valence-electron chi connectivity index (χ1n) is 4.52. The van der Waals surface area contributed by atoms with Gasteiger partial charge in [0.2, 0.25) is 0 Å². The van der Waals surface area contributed by atoms with Crippen molar-refractivity contribution in [2.45, 2.75) is 12.6 Å². The minimum absolute atomic E-state index is 0.463. The number of ether oxygens (including phenoxy) is 1. The quantitative estimate of drug-likeness (QED) is 0.624. The van der Waals surface area contributed by atoms with Gasteiger partial charge in [0.05, 0.1) is 19.3 Å². The number of aryl methyl sites for hydroxylation is 1. The van der Waals surface area contributed by atoms with Gasteiger partial charge in [-0.1, -0.05) is 0 Å². The standard InChI is InChI=1S/C9H15N3O/c1-11(5-8-7-13-8)6-9-10-3-4-12(9)2/h3-4,8H,5-7H2,1-2H3. The fourth-order valence-electron chi connectivity index (χ4n) is 1.38. The van der Waals surface area contributed by atoms with E-state index in [9.17, 15) is 0 Å². The van der Waals surface area contributed by atoms with Gasteiger partial charge in [-0.3, -0.25) is 4.90 Å². The topological polar surface area (TPSA) is 33.6 Å². The monoisotopic (exact) mass is 181 g/mol. The third kappa shape index (κ3) is 2.29. The summed E-state index contributed by atoms with van der Waals surface area (Å²) in [4.78, 5) is 6.50. The Bertz CT molecular complexity index is 280. The van der Waals surface area contributed by atoms with Crippen LogP contribution in [0, 0.1) is 0 Å². The Balaban J connectivity index is 1.85. The van der Waals surface area contributed by atoms with Crippen LogP contribution in [0.3, 0.4) is 0 Å². The highest BCUT2D eigenvalue weighted by atomic mass is 16.6. The molecule has 72 valence electrons. The second-order valence-corrected chi connectivity index (χ2v) is 3.61. The average Bonchev–Trinajstić information content (AvgIpc) is 2.79. The fraction of sp³-hybridized carbons (Fsp3) is 0.667. The van der Waals surface area contributed by atoms with Crippen LogP contribution in [0.1, 0.15) is 5.82 Å². The van der Waals surface area contributed by atoms with Gasteiger partial charge in [0.25, 0.3) is 0 Å². The average molecular weight is 181 g/mol. The summed E-state index contributed by atoms with van der Waals surface area (Å²) in [7, 11) is 4.11. The Hall–Kier alpha value is -0.870. The normalized spacial score (nSPS) is 21.0. The van der Waals surface area contributed by atoms with E-state index < -0.39 is 0 Å². The van der Waals surface area contributed by atoms with Crippen molar-refractivity contribution in [2.24, 2.45) is 7.05 Å². The smallest absolute Gasteiger partial charge is 0.122 e. The fourth-order valence-corrected chi connectivity index (χ4v) is 1.38. The molecule has 1 saturated heterocycles. The molecule has 1 unspecified atom stereocenters. The maximum atomic E-state index is 5.16. The Kier molecular flexibility index (Phi) is 2.33. The van der Waals surface area contributed by atoms with Crippen LogP contribution in [0.25, 0.3) is 0 Å². The lowest BCUT2D eigenvalue weighted by Gasteiger charge is -2.14. The molecule has 0 radical (unpaired) electrons. The highest BCUT2D eigenvalue weighted by Gasteiger charge is 2.24. The first kappa shape index (κ1) is 8.72. The number of hydrogen-bond donors (Lipinski definition) is 0. The number of aromatic nitrogens is 2. The summed E-state index contributed by atoms with van der Waals surface area (Å²) >= 11 is 0. The maximum absolute atomic E-state index is 5.16. The van der Waals surface area contributed by atoms with E-state index in [1.165, 1.54) is 0 Å². The molecule has 1 fully saturated rings. The summed E-state index contributed by atoms with van der Waals surface area (Å²) in [6.07, 6.45) is 4.26. The van der Waals surface area contributed by atoms with Crippen molar-refractivity contribution in [3.63, 3.8) is 0 Å². The molecular weight excluding hydrogens is 166 g/mol. The molecular formula is C9H15N3O. The van der Waals surface area contributed by atoms with Crippen LogP contribution >= 0.6 is 0 Å². The number of rotatable bonds is 4. The Morgan fingerprint density at radius 1 is 1.77 bits per heavy atom. The van der Waals surface area contributed by atoms with Crippen molar-refractivity contribution in [2.75, 3.05) is 20.2 Å². The van der Waals surface area contributed by atoms with Crippen molar-refractivity contribution in [3.05, 3.63) is 18.2 Å². The van der Waals surface area contributed by atoms with E-state index in [1.807, 2.05) is 24.0 Å². The molecule has 0 bridgehead atoms. The summed E-state index contributed by atoms with van der Waals surface area (Å²) in [5, 5.41) is 0. The lowest BCUT2D eigenvalue weighted by atomic mass is 10.4. The molecule has 1 aliphatic heterocycles. The van der Waals surface area contributed by atoms with Crippen molar-refractivity contribution in [1.29, 1.82) is 0 Å². The molecule has 1 aromatic heterocycles. The third-order valence-electron chi connectivity index (χ3n) is 2.25. The van der Waals surface area contributed by atoms with Gasteiger partial charge in [0.15, 0.2) is 0 Å². The van der Waals surface area contributed by atoms with Gasteiger partial charge in [-0.15, -0.1) is 0 Å². The van der Waals surface area contributed by atoms with Gasteiger partial charge in [0.1, 0.15) is 5.82 Å². The number of hydrogen-bond acceptors (Lipinski definition) is 3. The lowest BCUT2D eigenvalue weighted by molar-refractivity contribution is 0.271. The largest absolute Gasteiger partial charge is 0.372 e. The molecule has 13 heavy (non-hydrogen) atoms. The first-order valence-corrected chi connectivity index (χ1v) is 4.52. The highest BCUT2D eigenvalue weighted by Crippen LogP contribution is 2.11. The van der Waals surface area contributed by atoms with Gasteiger partial charge in [-0.25, -0.2) is 4.98 Å². The zero-order valence-electron chi connectivity index (χ0n) is 8.10. The molecule has 2 rings (SSSR count). The Labute approximate surface area is 78.1 Å². The number of imidazole rings is 1. The lowest BCUT2D eigenvalue weighted by Crippen LogP contribution is -2.24. The van der Waals surface area contributed by atoms with Gasteiger partial charge in [-0.05, 0) is 7.05 Å². The molecule has 0 saturated carbocycles. The molecule has 0 spiro atoms. The Morgan fingerprint density at radius 2 is 2.54 bits per heavy atom. The number of epoxide rings is 1. The summed E-state index contributed by atoms with van der Waals surface area (Å²) in [5.74, 6) is 1.10. The zero-order valence-corrected chi connectivity index (χ0v) is 8.10. The van der Waals surface area contributed by atoms with Crippen LogP contribution in [0.15, 0.2) is 12.4 Å². The zero-order chi connectivity index (χ0) is 9.26. The van der Waals surface area contributed by atoms with Crippen LogP contribution in [0.5, 0.6) is 0 Å². The van der Waals surface area contributed by atoms with Crippen LogP contribution in [0.2, 0.25) is 0 Å². The van der Waals surface area contributed by atoms with Crippen molar-refractivity contribution in [1.82, 2.24) is 14.5 Å².